The number of rotatable bonds is 8. The third-order valence-corrected chi connectivity index (χ3v) is 16.2. The zero-order valence-corrected chi connectivity index (χ0v) is 49.2. The maximum atomic E-state index is 12.7. The molecule has 1 aliphatic carbocycles. The van der Waals surface area contributed by atoms with Gasteiger partial charge in [-0.1, -0.05) is 252 Å². The minimum Gasteiger partial charge on any atom is -0.507 e. The van der Waals surface area contributed by atoms with E-state index in [9.17, 15) is 5.11 Å². The SMILES string of the molecule is CC(C)(C)c1ccc(-n2c(-c3cc(C(C)(C)C)cc(C(C)(C)C)c3O)nc3c(-c4[c-]c(-c5cc(-c6ccc(C(C)(C)c7ccccc7)cc6)ccn5)c5c(c4)-c4ccccc4C5(C)C)cccc32)c(-c2ccccc2)c1.[Pt]. The number of aromatic nitrogens is 3. The molecule has 2 heterocycles. The van der Waals surface area contributed by atoms with Crippen LogP contribution in [0.15, 0.2) is 182 Å². The molecule has 0 radical (unpaired) electrons. The summed E-state index contributed by atoms with van der Waals surface area (Å²) in [5.74, 6) is 0.926. The van der Waals surface area contributed by atoms with Crippen LogP contribution < -0.4 is 0 Å². The first kappa shape index (κ1) is 53.3. The van der Waals surface area contributed by atoms with E-state index in [-0.39, 0.29) is 53.9 Å². The quantitative estimate of drug-likeness (QED) is 0.154. The topological polar surface area (TPSA) is 50.9 Å². The average molecular weight is 1190 g/mol. The number of aromatic hydroxyl groups is 1. The van der Waals surface area contributed by atoms with Crippen LogP contribution in [-0.2, 0) is 48.1 Å². The summed E-state index contributed by atoms with van der Waals surface area (Å²) in [6.45, 7) is 29.3. The van der Waals surface area contributed by atoms with Crippen molar-refractivity contribution < 1.29 is 26.2 Å². The van der Waals surface area contributed by atoms with E-state index in [1.165, 1.54) is 38.9 Å². The van der Waals surface area contributed by atoms with Crippen molar-refractivity contribution in [3.8, 4) is 78.6 Å². The average Bonchev–Trinajstić information content (AvgIpc) is 4.01. The van der Waals surface area contributed by atoms with Crippen LogP contribution in [-0.4, -0.2) is 19.6 Å². The van der Waals surface area contributed by atoms with Crippen molar-refractivity contribution in [3.63, 3.8) is 0 Å². The van der Waals surface area contributed by atoms with Crippen molar-refractivity contribution in [2.75, 3.05) is 0 Å². The standard InChI is InChI=1S/C72H70N3O.Pt/c1-68(2,3)51-35-36-62(55(42-51)46-23-16-14-17-24-46)75-63-30-22-28-53(65(63)74-67(75)58-43-52(69(4,5)6)44-60(66(58)76)70(7,8)9)48-39-56-54-27-20-21-29-59(54)72(12,13)64(56)57(40-48)61-41-47(37-38-73-61)45-31-33-50(34-32-45)71(10,11)49-25-18-15-19-26-49;/h14-39,41-44,76H,1-13H3;/q-1;. The van der Waals surface area contributed by atoms with Crippen molar-refractivity contribution in [2.24, 2.45) is 0 Å². The van der Waals surface area contributed by atoms with Gasteiger partial charge in [-0.3, -0.25) is 9.55 Å². The molecule has 0 saturated carbocycles. The third kappa shape index (κ3) is 9.41. The molecule has 0 saturated heterocycles. The summed E-state index contributed by atoms with van der Waals surface area (Å²) in [4.78, 5) is 11.0. The molecule has 5 heteroatoms. The molecule has 0 amide bonds. The van der Waals surface area contributed by atoms with Crippen LogP contribution in [0, 0.1) is 6.07 Å². The fourth-order valence-electron chi connectivity index (χ4n) is 11.6. The molecule has 0 spiro atoms. The van der Waals surface area contributed by atoms with Crippen molar-refractivity contribution in [3.05, 3.63) is 227 Å². The van der Waals surface area contributed by atoms with Crippen LogP contribution in [0.5, 0.6) is 5.75 Å². The summed E-state index contributed by atoms with van der Waals surface area (Å²) in [5.41, 5.74) is 21.2. The molecule has 390 valence electrons. The van der Waals surface area contributed by atoms with E-state index in [0.717, 1.165) is 72.5 Å². The van der Waals surface area contributed by atoms with Crippen LogP contribution in [0.1, 0.15) is 129 Å². The zero-order valence-electron chi connectivity index (χ0n) is 46.9. The molecule has 4 nitrogen and oxygen atoms in total. The Morgan fingerprint density at radius 1 is 0.494 bits per heavy atom. The number of phenols is 1. The Balaban J connectivity index is 0.00000672. The van der Waals surface area contributed by atoms with Crippen molar-refractivity contribution in [1.82, 2.24) is 14.5 Å². The molecule has 0 atom stereocenters. The van der Waals surface area contributed by atoms with E-state index in [1.54, 1.807) is 0 Å². The van der Waals surface area contributed by atoms with E-state index in [0.29, 0.717) is 11.4 Å². The molecular weight excluding hydrogens is 1120 g/mol. The molecule has 2 aromatic heterocycles. The number of para-hydroxylation sites is 1. The zero-order chi connectivity index (χ0) is 53.7. The summed E-state index contributed by atoms with van der Waals surface area (Å²) < 4.78 is 2.30. The minimum atomic E-state index is -0.348. The second kappa shape index (κ2) is 19.4. The Kier molecular flexibility index (Phi) is 13.4. The monoisotopic (exact) mass is 1190 g/mol. The predicted octanol–water partition coefficient (Wildman–Crippen LogP) is 18.8. The van der Waals surface area contributed by atoms with Gasteiger partial charge in [0.1, 0.15) is 11.6 Å². The van der Waals surface area contributed by atoms with Crippen LogP contribution >= 0.6 is 0 Å². The van der Waals surface area contributed by atoms with Gasteiger partial charge >= 0.3 is 0 Å². The van der Waals surface area contributed by atoms with Crippen LogP contribution in [0.25, 0.3) is 83.9 Å². The Morgan fingerprint density at radius 3 is 1.78 bits per heavy atom. The van der Waals surface area contributed by atoms with E-state index in [2.05, 4.69) is 277 Å². The van der Waals surface area contributed by atoms with Gasteiger partial charge in [-0.2, -0.15) is 0 Å². The predicted molar refractivity (Wildman–Crippen MR) is 319 cm³/mol. The van der Waals surface area contributed by atoms with Crippen LogP contribution in [0.4, 0.5) is 0 Å². The van der Waals surface area contributed by atoms with Gasteiger partial charge in [0.25, 0.3) is 0 Å². The number of phenolic OH excluding ortho intramolecular Hbond substituents is 1. The van der Waals surface area contributed by atoms with E-state index < -0.39 is 0 Å². The first-order valence-corrected chi connectivity index (χ1v) is 27.0. The van der Waals surface area contributed by atoms with Crippen LogP contribution in [0.2, 0.25) is 0 Å². The Hall–Kier alpha value is -7.13. The van der Waals surface area contributed by atoms with Crippen molar-refractivity contribution >= 4 is 11.0 Å². The number of benzene rings is 8. The van der Waals surface area contributed by atoms with Gasteiger partial charge in [0.15, 0.2) is 0 Å². The smallest absolute Gasteiger partial charge is 0.148 e. The Labute approximate surface area is 471 Å². The number of hydrogen-bond donors (Lipinski definition) is 1. The molecule has 10 aromatic rings. The molecule has 1 aliphatic rings. The summed E-state index contributed by atoms with van der Waals surface area (Å²) in [6, 6.07) is 67.8. The number of pyridine rings is 1. The molecule has 11 rings (SSSR count). The van der Waals surface area contributed by atoms with Gasteiger partial charge < -0.3 is 5.11 Å². The van der Waals surface area contributed by atoms with Crippen LogP contribution in [0.3, 0.4) is 0 Å². The fraction of sp³-hybridized carbons (Fsp3) is 0.250. The fourth-order valence-corrected chi connectivity index (χ4v) is 11.6. The molecule has 1 N–H and O–H groups in total. The molecule has 0 bridgehead atoms. The van der Waals surface area contributed by atoms with Gasteiger partial charge in [0.05, 0.1) is 22.3 Å². The Bertz CT molecular complexity index is 3860. The van der Waals surface area contributed by atoms with E-state index in [1.807, 2.05) is 6.20 Å². The maximum Gasteiger partial charge on any atom is 0.148 e. The first-order chi connectivity index (χ1) is 36.0. The molecule has 8 aromatic carbocycles. The Morgan fingerprint density at radius 2 is 1.10 bits per heavy atom. The largest absolute Gasteiger partial charge is 0.507 e. The summed E-state index contributed by atoms with van der Waals surface area (Å²) in [6.07, 6.45) is 1.95. The molecule has 0 unspecified atom stereocenters. The van der Waals surface area contributed by atoms with Gasteiger partial charge in [0, 0.05) is 49.5 Å². The first-order valence-electron chi connectivity index (χ1n) is 27.0. The molecule has 0 fully saturated rings. The second-order valence-corrected chi connectivity index (χ2v) is 25.2. The van der Waals surface area contributed by atoms with E-state index in [4.69, 9.17) is 9.97 Å². The summed E-state index contributed by atoms with van der Waals surface area (Å²) in [5, 5.41) is 12.7. The molecule has 0 aliphatic heterocycles. The molecule has 77 heavy (non-hydrogen) atoms. The van der Waals surface area contributed by atoms with Gasteiger partial charge in [-0.15, -0.1) is 17.7 Å². The summed E-state index contributed by atoms with van der Waals surface area (Å²) >= 11 is 0. The number of nitrogens with zero attached hydrogens (tertiary/aromatic N) is 3. The number of fused-ring (bicyclic) bond motifs is 4. The molecular formula is C72H70N3OPt-. The van der Waals surface area contributed by atoms with E-state index >= 15 is 0 Å². The van der Waals surface area contributed by atoms with Crippen molar-refractivity contribution in [1.29, 1.82) is 0 Å². The normalized spacial score (nSPS) is 13.3. The second-order valence-electron chi connectivity index (χ2n) is 25.2. The van der Waals surface area contributed by atoms with Gasteiger partial charge in [-0.05, 0) is 102 Å². The van der Waals surface area contributed by atoms with Gasteiger partial charge in [-0.25, -0.2) is 4.98 Å². The van der Waals surface area contributed by atoms with Crippen molar-refractivity contribution in [2.45, 2.75) is 117 Å². The third-order valence-electron chi connectivity index (χ3n) is 16.2. The minimum absolute atomic E-state index is 0. The van der Waals surface area contributed by atoms with Gasteiger partial charge in [0.2, 0.25) is 0 Å². The maximum absolute atomic E-state index is 12.7. The number of imidazole rings is 1. The number of hydrogen-bond acceptors (Lipinski definition) is 3. The summed E-state index contributed by atoms with van der Waals surface area (Å²) in [7, 11) is 0.